The van der Waals surface area contributed by atoms with Crippen LogP contribution in [0.1, 0.15) is 5.69 Å². The third-order valence-electron chi connectivity index (χ3n) is 2.77. The quantitative estimate of drug-likeness (QED) is 0.850. The first-order chi connectivity index (χ1) is 8.65. The molecule has 2 N–H and O–H groups in total. The topological polar surface area (TPSA) is 67.0 Å². The Balaban J connectivity index is 2.07. The van der Waals surface area contributed by atoms with E-state index < -0.39 is 0 Å². The lowest BCUT2D eigenvalue weighted by atomic mass is 10.1. The summed E-state index contributed by atoms with van der Waals surface area (Å²) in [6, 6.07) is 5.63. The van der Waals surface area contributed by atoms with Crippen LogP contribution >= 0.6 is 15.9 Å². The van der Waals surface area contributed by atoms with Crippen molar-refractivity contribution in [3.05, 3.63) is 28.4 Å². The van der Waals surface area contributed by atoms with Crippen molar-refractivity contribution < 1.29 is 9.53 Å². The van der Waals surface area contributed by atoms with Gasteiger partial charge in [0.05, 0.1) is 21.5 Å². The molecule has 1 amide bonds. The van der Waals surface area contributed by atoms with Gasteiger partial charge in [0, 0.05) is 5.56 Å². The number of ether oxygens (including phenoxy) is 1. The molecule has 0 atom stereocenters. The number of H-pyrrole nitrogens is 1. The predicted molar refractivity (Wildman–Crippen MR) is 70.6 cm³/mol. The third-order valence-corrected chi connectivity index (χ3v) is 3.74. The summed E-state index contributed by atoms with van der Waals surface area (Å²) in [6.45, 7) is 1.98. The molecule has 6 heteroatoms. The maximum Gasteiger partial charge on any atom is 0.262 e. The summed E-state index contributed by atoms with van der Waals surface area (Å²) in [4.78, 5) is 11.3. The number of carbonyl (C=O) groups excluding carboxylic acids is 1. The third kappa shape index (κ3) is 1.78. The summed E-state index contributed by atoms with van der Waals surface area (Å²) in [5.74, 6) is 0.546. The highest BCUT2D eigenvalue weighted by Gasteiger charge is 2.17. The van der Waals surface area contributed by atoms with Crippen molar-refractivity contribution in [3.63, 3.8) is 0 Å². The van der Waals surface area contributed by atoms with Gasteiger partial charge in [-0.3, -0.25) is 9.89 Å². The Morgan fingerprint density at radius 1 is 1.44 bits per heavy atom. The summed E-state index contributed by atoms with van der Waals surface area (Å²) in [6.07, 6.45) is 0. The van der Waals surface area contributed by atoms with Gasteiger partial charge in [-0.25, -0.2) is 0 Å². The number of nitrogens with one attached hydrogen (secondary N) is 2. The van der Waals surface area contributed by atoms with Crippen LogP contribution in [-0.2, 0) is 4.79 Å². The van der Waals surface area contributed by atoms with Gasteiger partial charge < -0.3 is 10.1 Å². The lowest BCUT2D eigenvalue weighted by Crippen LogP contribution is -2.25. The number of halogens is 1. The van der Waals surface area contributed by atoms with E-state index in [1.807, 2.05) is 25.1 Å². The van der Waals surface area contributed by atoms with Crippen LogP contribution in [0.5, 0.6) is 5.75 Å². The van der Waals surface area contributed by atoms with Crippen molar-refractivity contribution in [1.29, 1.82) is 0 Å². The van der Waals surface area contributed by atoms with Crippen molar-refractivity contribution in [2.45, 2.75) is 6.92 Å². The van der Waals surface area contributed by atoms with Gasteiger partial charge in [-0.15, -0.1) is 0 Å². The van der Waals surface area contributed by atoms with Crippen LogP contribution in [0.4, 0.5) is 5.69 Å². The zero-order valence-corrected chi connectivity index (χ0v) is 11.2. The summed E-state index contributed by atoms with van der Waals surface area (Å²) < 4.78 is 6.23. The standard InChI is InChI=1S/C12H10BrN3O2/c1-6-11(13)12(16-15-6)7-2-3-9-8(4-7)14-10(17)5-18-9/h2-4H,5H2,1H3,(H,14,17)(H,15,16). The number of aromatic nitrogens is 2. The molecule has 0 spiro atoms. The fraction of sp³-hybridized carbons (Fsp3) is 0.167. The van der Waals surface area contributed by atoms with Crippen molar-refractivity contribution in [2.75, 3.05) is 11.9 Å². The fourth-order valence-corrected chi connectivity index (χ4v) is 2.25. The predicted octanol–water partition coefficient (Wildman–Crippen LogP) is 2.48. The van der Waals surface area contributed by atoms with Crippen molar-refractivity contribution in [3.8, 4) is 17.0 Å². The Labute approximate surface area is 112 Å². The molecule has 5 nitrogen and oxygen atoms in total. The molecule has 0 bridgehead atoms. The van der Waals surface area contributed by atoms with Crippen molar-refractivity contribution >= 4 is 27.5 Å². The van der Waals surface area contributed by atoms with Crippen LogP contribution in [0.25, 0.3) is 11.3 Å². The molecule has 1 aromatic heterocycles. The Kier molecular flexibility index (Phi) is 2.59. The molecule has 0 radical (unpaired) electrons. The number of fused-ring (bicyclic) bond motifs is 1. The summed E-state index contributed by atoms with van der Waals surface area (Å²) in [7, 11) is 0. The Bertz CT molecular complexity index is 636. The molecular formula is C12H10BrN3O2. The van der Waals surface area contributed by atoms with Gasteiger partial charge in [0.15, 0.2) is 6.61 Å². The maximum absolute atomic E-state index is 11.3. The second-order valence-electron chi connectivity index (χ2n) is 4.05. The van der Waals surface area contributed by atoms with E-state index in [2.05, 4.69) is 31.4 Å². The summed E-state index contributed by atoms with van der Waals surface area (Å²) in [5, 5.41) is 9.87. The van der Waals surface area contributed by atoms with Gasteiger partial charge in [-0.2, -0.15) is 5.10 Å². The summed E-state index contributed by atoms with van der Waals surface area (Å²) in [5.41, 5.74) is 3.40. The SMILES string of the molecule is Cc1n[nH]c(-c2ccc3c(c2)NC(=O)CO3)c1Br. The molecule has 0 fully saturated rings. The number of benzene rings is 1. The molecule has 3 rings (SSSR count). The average Bonchev–Trinajstić information content (AvgIpc) is 2.69. The number of anilines is 1. The number of carbonyl (C=O) groups is 1. The largest absolute Gasteiger partial charge is 0.482 e. The first kappa shape index (κ1) is 11.3. The maximum atomic E-state index is 11.3. The number of rotatable bonds is 1. The lowest BCUT2D eigenvalue weighted by Gasteiger charge is -2.18. The number of amides is 1. The van der Waals surface area contributed by atoms with Gasteiger partial charge >= 0.3 is 0 Å². The van der Waals surface area contributed by atoms with Gasteiger partial charge in [-0.1, -0.05) is 0 Å². The van der Waals surface area contributed by atoms with Crippen molar-refractivity contribution in [2.24, 2.45) is 0 Å². The smallest absolute Gasteiger partial charge is 0.262 e. The minimum Gasteiger partial charge on any atom is -0.482 e. The van der Waals surface area contributed by atoms with Crippen LogP contribution in [0.3, 0.4) is 0 Å². The monoisotopic (exact) mass is 307 g/mol. The highest BCUT2D eigenvalue weighted by atomic mass is 79.9. The van der Waals surface area contributed by atoms with Gasteiger partial charge in [0.25, 0.3) is 5.91 Å². The molecule has 1 aliphatic heterocycles. The van der Waals surface area contributed by atoms with Gasteiger partial charge in [0.2, 0.25) is 0 Å². The molecule has 0 aliphatic carbocycles. The van der Waals surface area contributed by atoms with E-state index in [1.165, 1.54) is 0 Å². The van der Waals surface area contributed by atoms with Crippen molar-refractivity contribution in [1.82, 2.24) is 10.2 Å². The molecule has 0 unspecified atom stereocenters. The fourth-order valence-electron chi connectivity index (χ4n) is 1.85. The van der Waals surface area contributed by atoms with E-state index in [9.17, 15) is 4.79 Å². The van der Waals surface area contributed by atoms with Crippen LogP contribution < -0.4 is 10.1 Å². The van der Waals surface area contributed by atoms with E-state index in [4.69, 9.17) is 4.74 Å². The molecule has 1 aromatic carbocycles. The molecule has 1 aliphatic rings. The number of hydrogen-bond acceptors (Lipinski definition) is 3. The highest BCUT2D eigenvalue weighted by Crippen LogP contribution is 2.35. The highest BCUT2D eigenvalue weighted by molar-refractivity contribution is 9.10. The normalized spacial score (nSPS) is 13.8. The Morgan fingerprint density at radius 3 is 3.00 bits per heavy atom. The first-order valence-corrected chi connectivity index (χ1v) is 6.22. The molecule has 2 heterocycles. The molecule has 18 heavy (non-hydrogen) atoms. The molecule has 92 valence electrons. The second-order valence-corrected chi connectivity index (χ2v) is 4.84. The Hall–Kier alpha value is -1.82. The summed E-state index contributed by atoms with van der Waals surface area (Å²) >= 11 is 3.48. The molecular weight excluding hydrogens is 298 g/mol. The van der Waals surface area contributed by atoms with Gasteiger partial charge in [-0.05, 0) is 41.1 Å². The van der Waals surface area contributed by atoms with Crippen LogP contribution in [0.2, 0.25) is 0 Å². The molecule has 0 saturated heterocycles. The van der Waals surface area contributed by atoms with E-state index in [-0.39, 0.29) is 12.5 Å². The lowest BCUT2D eigenvalue weighted by molar-refractivity contribution is -0.118. The van der Waals surface area contributed by atoms with E-state index in [0.29, 0.717) is 11.4 Å². The zero-order valence-electron chi connectivity index (χ0n) is 9.58. The van der Waals surface area contributed by atoms with E-state index in [1.54, 1.807) is 0 Å². The molecule has 2 aromatic rings. The number of hydrogen-bond donors (Lipinski definition) is 2. The number of nitrogens with zero attached hydrogens (tertiary/aromatic N) is 1. The van der Waals surface area contributed by atoms with Crippen LogP contribution in [0.15, 0.2) is 22.7 Å². The Morgan fingerprint density at radius 2 is 2.28 bits per heavy atom. The van der Waals surface area contributed by atoms with Crippen LogP contribution in [0, 0.1) is 6.92 Å². The molecule has 0 saturated carbocycles. The van der Waals surface area contributed by atoms with Crippen LogP contribution in [-0.4, -0.2) is 22.7 Å². The van der Waals surface area contributed by atoms with E-state index >= 15 is 0 Å². The van der Waals surface area contributed by atoms with Gasteiger partial charge in [0.1, 0.15) is 5.75 Å². The number of aryl methyl sites for hydroxylation is 1. The minimum absolute atomic E-state index is 0.0687. The average molecular weight is 308 g/mol. The number of aromatic amines is 1. The zero-order chi connectivity index (χ0) is 12.7. The minimum atomic E-state index is -0.139. The second kappa shape index (κ2) is 4.13. The first-order valence-electron chi connectivity index (χ1n) is 5.42. The van der Waals surface area contributed by atoms with E-state index in [0.717, 1.165) is 21.4 Å².